The van der Waals surface area contributed by atoms with Gasteiger partial charge in [-0.15, -0.1) is 0 Å². The molecule has 15 heteroatoms. The van der Waals surface area contributed by atoms with Crippen LogP contribution in [0.25, 0.3) is 129 Å². The molecule has 0 unspecified atom stereocenters. The van der Waals surface area contributed by atoms with Gasteiger partial charge in [0.05, 0.1) is 27.5 Å². The maximum Gasteiger partial charge on any atom is 0.534 e. The van der Waals surface area contributed by atoms with Gasteiger partial charge in [0.1, 0.15) is 0 Å². The minimum Gasteiger partial charge on any atom is -0.375 e. The van der Waals surface area contributed by atoms with Crippen molar-refractivity contribution in [2.75, 3.05) is 0 Å². The lowest BCUT2D eigenvalue weighted by Crippen LogP contribution is -2.28. The van der Waals surface area contributed by atoms with E-state index in [0.29, 0.717) is 57.1 Å². The number of halogens is 3. The van der Waals surface area contributed by atoms with Crippen LogP contribution in [0.5, 0.6) is 5.75 Å². The van der Waals surface area contributed by atoms with Crippen LogP contribution in [0.3, 0.4) is 0 Å². The molecule has 0 atom stereocenters. The smallest absolute Gasteiger partial charge is 0.375 e. The molecule has 14 aromatic rings. The maximum absolute atomic E-state index is 13.3. The summed E-state index contributed by atoms with van der Waals surface area (Å²) in [6.45, 7) is 30.4. The van der Waals surface area contributed by atoms with E-state index in [4.69, 9.17) is 29.9 Å². The number of benzene rings is 10. The van der Waals surface area contributed by atoms with E-state index < -0.39 is 21.4 Å². The monoisotopic (exact) mass is 1350 g/mol. The van der Waals surface area contributed by atoms with Gasteiger partial charge in [-0.1, -0.05) is 247 Å². The lowest BCUT2D eigenvalue weighted by molar-refractivity contribution is -0.0499. The summed E-state index contributed by atoms with van der Waals surface area (Å²) in [6.07, 6.45) is 1.94. The first-order valence-corrected chi connectivity index (χ1v) is 34.7. The third kappa shape index (κ3) is 13.5. The van der Waals surface area contributed by atoms with Crippen LogP contribution in [0, 0.1) is 0 Å². The molecule has 0 spiro atoms. The molecule has 4 heterocycles. The third-order valence-electron chi connectivity index (χ3n) is 18.2. The number of alkyl halides is 3. The van der Waals surface area contributed by atoms with E-state index in [9.17, 15) is 21.6 Å². The molecule has 0 aliphatic rings. The van der Waals surface area contributed by atoms with E-state index in [1.807, 2.05) is 65.2 Å². The lowest BCUT2D eigenvalue weighted by atomic mass is 9.86. The minimum absolute atomic E-state index is 0.0176. The second-order valence-electron chi connectivity index (χ2n) is 29.3. The zero-order valence-electron chi connectivity index (χ0n) is 58.1. The second-order valence-corrected chi connectivity index (χ2v) is 30.8. The van der Waals surface area contributed by atoms with E-state index in [-0.39, 0.29) is 27.0 Å². The van der Waals surface area contributed by atoms with Crippen molar-refractivity contribution >= 4 is 59.8 Å². The highest BCUT2D eigenvalue weighted by atomic mass is 32.2. The summed E-state index contributed by atoms with van der Waals surface area (Å²) >= 11 is 0. The molecule has 14 rings (SSSR count). The first-order valence-electron chi connectivity index (χ1n) is 33.3. The molecule has 0 bridgehead atoms. The van der Waals surface area contributed by atoms with Gasteiger partial charge in [0.2, 0.25) is 0 Å². The number of hydrogen-bond acceptors (Lipinski definition) is 9. The molecule has 10 aromatic carbocycles. The van der Waals surface area contributed by atoms with Crippen LogP contribution in [0.15, 0.2) is 237 Å². The highest BCUT2D eigenvalue weighted by molar-refractivity contribution is 7.88. The van der Waals surface area contributed by atoms with E-state index in [1.54, 1.807) is 24.3 Å². The zero-order chi connectivity index (χ0) is 70.8. The number of rotatable bonds is 11. The van der Waals surface area contributed by atoms with Gasteiger partial charge < -0.3 is 13.3 Å². The topological polar surface area (TPSA) is 131 Å². The predicted octanol–water partition coefficient (Wildman–Crippen LogP) is 22.0. The number of nitrogens with zero attached hydrogens (tertiary/aromatic N) is 8. The van der Waals surface area contributed by atoms with Crippen molar-refractivity contribution in [2.45, 2.75) is 110 Å². The molecule has 0 radical (unpaired) electrons. The van der Waals surface area contributed by atoms with Gasteiger partial charge in [-0.05, 0) is 128 Å². The molecule has 0 aliphatic heterocycles. The van der Waals surface area contributed by atoms with Crippen molar-refractivity contribution in [3.8, 4) is 85.5 Å². The summed E-state index contributed by atoms with van der Waals surface area (Å²) in [5.74, 6) is 3.07. The Morgan fingerprint density at radius 2 is 0.610 bits per heavy atom. The number of aromatic nitrogens is 8. The number of fused-ring (bicyclic) bond motifs is 6. The van der Waals surface area contributed by atoms with E-state index in [1.165, 1.54) is 45.2 Å². The first kappa shape index (κ1) is 67.7. The predicted molar refractivity (Wildman–Crippen MR) is 401 cm³/mol. The Kier molecular flexibility index (Phi) is 17.4. The van der Waals surface area contributed by atoms with Crippen molar-refractivity contribution in [3.05, 3.63) is 265 Å². The van der Waals surface area contributed by atoms with Crippen molar-refractivity contribution in [2.24, 2.45) is 0 Å². The van der Waals surface area contributed by atoms with E-state index in [0.717, 1.165) is 55.7 Å². The molecule has 0 saturated heterocycles. The van der Waals surface area contributed by atoms with Crippen LogP contribution in [-0.4, -0.2) is 53.0 Å². The third-order valence-corrected chi connectivity index (χ3v) is 19.1. The summed E-state index contributed by atoms with van der Waals surface area (Å²) in [5, 5.41) is 3.19. The Balaban J connectivity index is 0.000000180. The summed E-state index contributed by atoms with van der Waals surface area (Å²) < 4.78 is 72.8. The van der Waals surface area contributed by atoms with E-state index >= 15 is 0 Å². The quantitative estimate of drug-likeness (QED) is 0.0917. The normalized spacial score (nSPS) is 12.5. The Morgan fingerprint density at radius 3 is 0.910 bits per heavy atom. The van der Waals surface area contributed by atoms with Gasteiger partial charge in [0.15, 0.2) is 40.7 Å². The van der Waals surface area contributed by atoms with Crippen LogP contribution < -0.4 is 4.18 Å². The molecule has 4 aromatic heterocycles. The van der Waals surface area contributed by atoms with Gasteiger partial charge in [0, 0.05) is 60.9 Å². The average Bonchev–Trinajstić information content (AvgIpc) is 1.59. The largest absolute Gasteiger partial charge is 0.534 e. The SMILES string of the molecule is C=Cc1cccc2c1c1ccccc1n2-c1ccc(-c2nc(-c3ccc(C(C)(C)C)cc3)nc(-c3ccc(C(C)(C)C)cc3)n2)cc1.CC(C)(C)c1ccc(-c2nc(-c3ccc(-n4c5ccccc5c5c(OS(=O)(=O)C(F)(F)F)cccc54)cc3)nc(-c3ccc(C(C)(C)C)cc3)n2)cc1. The van der Waals surface area contributed by atoms with Crippen LogP contribution >= 0.6 is 0 Å². The number of hydrogen-bond donors (Lipinski definition) is 0. The summed E-state index contributed by atoms with van der Waals surface area (Å²) in [6, 6.07) is 76.0. The summed E-state index contributed by atoms with van der Waals surface area (Å²) in [5.41, 5.74) is 11.0. The van der Waals surface area contributed by atoms with Crippen molar-refractivity contribution in [1.82, 2.24) is 39.0 Å². The van der Waals surface area contributed by atoms with Crippen molar-refractivity contribution in [1.29, 1.82) is 0 Å². The highest BCUT2D eigenvalue weighted by Gasteiger charge is 2.49. The maximum atomic E-state index is 13.3. The zero-order valence-corrected chi connectivity index (χ0v) is 58.9. The van der Waals surface area contributed by atoms with Gasteiger partial charge in [-0.3, -0.25) is 0 Å². The summed E-state index contributed by atoms with van der Waals surface area (Å²) in [4.78, 5) is 29.8. The molecule has 11 nitrogen and oxygen atoms in total. The first-order chi connectivity index (χ1) is 47.4. The van der Waals surface area contributed by atoms with Gasteiger partial charge in [-0.25, -0.2) is 29.9 Å². The highest BCUT2D eigenvalue weighted by Crippen LogP contribution is 2.42. The molecule has 502 valence electrons. The second kappa shape index (κ2) is 25.8. The van der Waals surface area contributed by atoms with Crippen LogP contribution in [0.4, 0.5) is 13.2 Å². The standard InChI is InChI=1S/C43H40N4.C42H37F3N4O3S/c1-8-28-12-11-15-37-38(28)35-13-9-10-14-36(35)47(37)34-26-20-31(21-27-34)41-45-39(29-16-22-32(23-17-29)42(2,3)4)44-40(46-41)30-18-24-33(25-19-30)43(5,6)7;1-40(2,3)29-20-14-26(15-21-29)37-46-38(27-16-22-30(23-17-27)41(4,5)6)48-39(47-37)28-18-24-31(25-19-28)49-33-11-8-7-10-32(33)36-34(49)12-9-13-35(36)52-53(50,51)42(43,44)45/h8-27H,1H2,2-7H3;7-25H,1-6H3. The summed E-state index contributed by atoms with van der Waals surface area (Å²) in [7, 11) is -5.90. The lowest BCUT2D eigenvalue weighted by Gasteiger charge is -2.19. The fourth-order valence-electron chi connectivity index (χ4n) is 12.5. The molecule has 0 N–H and O–H groups in total. The van der Waals surface area contributed by atoms with Crippen LogP contribution in [0.1, 0.15) is 111 Å². The molecule has 100 heavy (non-hydrogen) atoms. The van der Waals surface area contributed by atoms with Gasteiger partial charge in [-0.2, -0.15) is 21.6 Å². The molecular weight excluding hydrogens is 1270 g/mol. The van der Waals surface area contributed by atoms with E-state index in [2.05, 4.69) is 238 Å². The molecule has 0 fully saturated rings. The average molecular weight is 1350 g/mol. The molecule has 0 aliphatic carbocycles. The van der Waals surface area contributed by atoms with Crippen LogP contribution in [0.2, 0.25) is 0 Å². The number of para-hydroxylation sites is 2. The molecule has 0 amide bonds. The van der Waals surface area contributed by atoms with Crippen LogP contribution in [-0.2, 0) is 31.8 Å². The Hall–Kier alpha value is -10.9. The fraction of sp³-hybridized carbons (Fsp3) is 0.200. The Labute approximate surface area is 582 Å². The van der Waals surface area contributed by atoms with Crippen molar-refractivity contribution in [3.63, 3.8) is 0 Å². The molecule has 0 saturated carbocycles. The van der Waals surface area contributed by atoms with Gasteiger partial charge in [0.25, 0.3) is 0 Å². The molecular formula is C85H77F3N8O3S. The fourth-order valence-corrected chi connectivity index (χ4v) is 13.0. The van der Waals surface area contributed by atoms with Gasteiger partial charge >= 0.3 is 15.6 Å². The minimum atomic E-state index is -5.90. The van der Waals surface area contributed by atoms with Crippen molar-refractivity contribution < 1.29 is 25.8 Å². The Morgan fingerprint density at radius 1 is 0.340 bits per heavy atom. The Bertz CT molecular complexity index is 5370.